The molecule has 0 fully saturated rings. The fourth-order valence-corrected chi connectivity index (χ4v) is 2.38. The van der Waals surface area contributed by atoms with Gasteiger partial charge in [0.25, 0.3) is 0 Å². The van der Waals surface area contributed by atoms with Crippen LogP contribution in [0.5, 0.6) is 0 Å². The maximum atomic E-state index is 10.9. The van der Waals surface area contributed by atoms with Crippen LogP contribution in [0.2, 0.25) is 0 Å². The molecule has 1 atom stereocenters. The summed E-state index contributed by atoms with van der Waals surface area (Å²) in [7, 11) is 0. The van der Waals surface area contributed by atoms with E-state index >= 15 is 0 Å². The van der Waals surface area contributed by atoms with E-state index in [4.69, 9.17) is 5.11 Å². The summed E-state index contributed by atoms with van der Waals surface area (Å²) >= 11 is 0. The second-order valence-corrected chi connectivity index (χ2v) is 5.37. The highest BCUT2D eigenvalue weighted by Crippen LogP contribution is 2.09. The first kappa shape index (κ1) is 16.2. The van der Waals surface area contributed by atoms with Gasteiger partial charge in [-0.05, 0) is 35.6 Å². The van der Waals surface area contributed by atoms with Gasteiger partial charge in [-0.15, -0.1) is 0 Å². The number of hydrogen-bond acceptors (Lipinski definition) is 3. The van der Waals surface area contributed by atoms with Crippen LogP contribution >= 0.6 is 0 Å². The lowest BCUT2D eigenvalue weighted by Gasteiger charge is -2.15. The van der Waals surface area contributed by atoms with Crippen molar-refractivity contribution in [3.05, 3.63) is 71.3 Å². The van der Waals surface area contributed by atoms with Crippen LogP contribution in [0.1, 0.15) is 21.5 Å². The van der Waals surface area contributed by atoms with Gasteiger partial charge in [-0.2, -0.15) is 0 Å². The molecule has 0 aliphatic rings. The van der Waals surface area contributed by atoms with Crippen LogP contribution in [0.3, 0.4) is 0 Å². The molecule has 2 aromatic carbocycles. The zero-order valence-corrected chi connectivity index (χ0v) is 12.4. The van der Waals surface area contributed by atoms with Gasteiger partial charge in [0.1, 0.15) is 0 Å². The molecule has 0 bridgehead atoms. The van der Waals surface area contributed by atoms with E-state index in [9.17, 15) is 9.90 Å². The fourth-order valence-electron chi connectivity index (χ4n) is 2.38. The Balaban J connectivity index is 1.83. The Morgan fingerprint density at radius 1 is 1.05 bits per heavy atom. The summed E-state index contributed by atoms with van der Waals surface area (Å²) in [6.07, 6.45) is 0.819. The van der Waals surface area contributed by atoms with Crippen molar-refractivity contribution < 1.29 is 15.0 Å². The topological polar surface area (TPSA) is 69.6 Å². The predicted octanol–water partition coefficient (Wildman–Crippen LogP) is 2.33. The lowest BCUT2D eigenvalue weighted by molar-refractivity contribution is 0.0696. The summed E-state index contributed by atoms with van der Waals surface area (Å²) in [5.41, 5.74) is 2.43. The Kier molecular flexibility index (Phi) is 6.13. The first-order valence-electron chi connectivity index (χ1n) is 7.36. The van der Waals surface area contributed by atoms with Crippen molar-refractivity contribution in [3.63, 3.8) is 0 Å². The Hall–Kier alpha value is -2.17. The van der Waals surface area contributed by atoms with E-state index in [1.165, 1.54) is 5.56 Å². The zero-order valence-electron chi connectivity index (χ0n) is 12.4. The second-order valence-electron chi connectivity index (χ2n) is 5.37. The molecule has 1 unspecified atom stereocenters. The molecular formula is C18H21NO3. The summed E-state index contributed by atoms with van der Waals surface area (Å²) in [5, 5.41) is 21.7. The van der Waals surface area contributed by atoms with E-state index in [-0.39, 0.29) is 12.5 Å². The van der Waals surface area contributed by atoms with Gasteiger partial charge in [0.2, 0.25) is 0 Å². The highest BCUT2D eigenvalue weighted by Gasteiger charge is 2.09. The number of carbonyl (C=O) groups is 1. The summed E-state index contributed by atoms with van der Waals surface area (Å²) < 4.78 is 0. The number of hydrogen-bond donors (Lipinski definition) is 3. The van der Waals surface area contributed by atoms with E-state index < -0.39 is 5.97 Å². The van der Waals surface area contributed by atoms with Crippen molar-refractivity contribution in [2.45, 2.75) is 13.0 Å². The molecule has 0 aliphatic carbocycles. The van der Waals surface area contributed by atoms with Crippen LogP contribution in [0.15, 0.2) is 54.6 Å². The molecule has 4 nitrogen and oxygen atoms in total. The Labute approximate surface area is 130 Å². The van der Waals surface area contributed by atoms with E-state index in [1.54, 1.807) is 18.2 Å². The summed E-state index contributed by atoms with van der Waals surface area (Å²) in [6.45, 7) is 1.40. The normalized spacial score (nSPS) is 12.0. The highest BCUT2D eigenvalue weighted by molar-refractivity contribution is 5.87. The average Bonchev–Trinajstić information content (AvgIpc) is 2.55. The van der Waals surface area contributed by atoms with Crippen LogP contribution in [-0.2, 0) is 13.0 Å². The molecule has 0 amide bonds. The number of benzene rings is 2. The lowest BCUT2D eigenvalue weighted by Crippen LogP contribution is -2.26. The number of aliphatic hydroxyl groups is 1. The van der Waals surface area contributed by atoms with Crippen molar-refractivity contribution in [2.75, 3.05) is 13.2 Å². The maximum Gasteiger partial charge on any atom is 0.335 e. The number of aliphatic hydroxyl groups excluding tert-OH is 1. The summed E-state index contributed by atoms with van der Waals surface area (Å²) in [4.78, 5) is 10.9. The van der Waals surface area contributed by atoms with Crippen LogP contribution in [-0.4, -0.2) is 29.3 Å². The summed E-state index contributed by atoms with van der Waals surface area (Å²) in [5.74, 6) is -0.774. The Morgan fingerprint density at radius 2 is 1.77 bits per heavy atom. The smallest absolute Gasteiger partial charge is 0.335 e. The van der Waals surface area contributed by atoms with Gasteiger partial charge < -0.3 is 15.5 Å². The van der Waals surface area contributed by atoms with Gasteiger partial charge in [0, 0.05) is 19.7 Å². The van der Waals surface area contributed by atoms with E-state index in [2.05, 4.69) is 17.4 Å². The van der Waals surface area contributed by atoms with Crippen molar-refractivity contribution >= 4 is 5.97 Å². The lowest BCUT2D eigenvalue weighted by atomic mass is 10.00. The molecule has 0 saturated carbocycles. The standard InChI is InChI=1S/C18H21NO3/c20-13-16(9-14-5-2-1-3-6-14)12-19-11-15-7-4-8-17(10-15)18(21)22/h1-8,10,16,19-20H,9,11-13H2,(H,21,22). The van der Waals surface area contributed by atoms with Crippen LogP contribution in [0, 0.1) is 5.92 Å². The minimum Gasteiger partial charge on any atom is -0.478 e. The van der Waals surface area contributed by atoms with Crippen molar-refractivity contribution in [1.82, 2.24) is 5.32 Å². The van der Waals surface area contributed by atoms with Gasteiger partial charge in [-0.3, -0.25) is 0 Å². The van der Waals surface area contributed by atoms with Crippen molar-refractivity contribution in [2.24, 2.45) is 5.92 Å². The fraction of sp³-hybridized carbons (Fsp3) is 0.278. The van der Waals surface area contributed by atoms with Crippen molar-refractivity contribution in [1.29, 1.82) is 0 Å². The van der Waals surface area contributed by atoms with E-state index in [0.717, 1.165) is 12.0 Å². The number of carboxylic acid groups (broad SMARTS) is 1. The van der Waals surface area contributed by atoms with Crippen molar-refractivity contribution in [3.8, 4) is 0 Å². The number of carboxylic acids is 1. The van der Waals surface area contributed by atoms with E-state index in [1.807, 2.05) is 24.3 Å². The number of nitrogens with one attached hydrogen (secondary N) is 1. The first-order valence-corrected chi connectivity index (χ1v) is 7.36. The average molecular weight is 299 g/mol. The van der Waals surface area contributed by atoms with Gasteiger partial charge in [0.05, 0.1) is 5.56 Å². The molecule has 2 aromatic rings. The molecule has 0 radical (unpaired) electrons. The maximum absolute atomic E-state index is 10.9. The second kappa shape index (κ2) is 8.32. The van der Waals surface area contributed by atoms with Gasteiger partial charge in [-0.25, -0.2) is 4.79 Å². The largest absolute Gasteiger partial charge is 0.478 e. The molecule has 2 rings (SSSR count). The highest BCUT2D eigenvalue weighted by atomic mass is 16.4. The van der Waals surface area contributed by atoms with Gasteiger partial charge in [-0.1, -0.05) is 42.5 Å². The number of aromatic carboxylic acids is 1. The van der Waals surface area contributed by atoms with Gasteiger partial charge in [0.15, 0.2) is 0 Å². The monoisotopic (exact) mass is 299 g/mol. The van der Waals surface area contributed by atoms with Gasteiger partial charge >= 0.3 is 5.97 Å². The molecule has 0 aromatic heterocycles. The molecule has 3 N–H and O–H groups in total. The molecule has 0 aliphatic heterocycles. The predicted molar refractivity (Wildman–Crippen MR) is 85.8 cm³/mol. The molecule has 22 heavy (non-hydrogen) atoms. The first-order chi connectivity index (χ1) is 10.7. The molecule has 0 saturated heterocycles. The minimum absolute atomic E-state index is 0.122. The summed E-state index contributed by atoms with van der Waals surface area (Å²) in [6, 6.07) is 17.0. The van der Waals surface area contributed by atoms with E-state index in [0.29, 0.717) is 18.7 Å². The minimum atomic E-state index is -0.917. The SMILES string of the molecule is O=C(O)c1cccc(CNCC(CO)Cc2ccccc2)c1. The molecular weight excluding hydrogens is 278 g/mol. The van der Waals surface area contributed by atoms with Crippen LogP contribution < -0.4 is 5.32 Å². The Morgan fingerprint density at radius 3 is 2.45 bits per heavy atom. The molecule has 0 spiro atoms. The Bertz CT molecular complexity index is 598. The number of rotatable bonds is 8. The van der Waals surface area contributed by atoms with Crippen LogP contribution in [0.4, 0.5) is 0 Å². The zero-order chi connectivity index (χ0) is 15.8. The third-order valence-electron chi connectivity index (χ3n) is 3.56. The quantitative estimate of drug-likeness (QED) is 0.700. The third-order valence-corrected chi connectivity index (χ3v) is 3.56. The molecule has 0 heterocycles. The molecule has 4 heteroatoms. The molecule has 116 valence electrons. The third kappa shape index (κ3) is 4.98. The van der Waals surface area contributed by atoms with Crippen LogP contribution in [0.25, 0.3) is 0 Å².